The molecular formula is C13H11N5O3. The number of nitrogens with two attached hydrogens (primary N) is 1. The van der Waals surface area contributed by atoms with Crippen molar-refractivity contribution in [2.45, 2.75) is 6.54 Å². The summed E-state index contributed by atoms with van der Waals surface area (Å²) in [4.78, 5) is 34.8. The Morgan fingerprint density at radius 3 is 2.71 bits per heavy atom. The molecule has 0 fully saturated rings. The molecule has 1 aliphatic heterocycles. The van der Waals surface area contributed by atoms with Crippen LogP contribution >= 0.6 is 0 Å². The van der Waals surface area contributed by atoms with Crippen LogP contribution in [0.3, 0.4) is 0 Å². The van der Waals surface area contributed by atoms with E-state index in [1.54, 1.807) is 18.3 Å². The van der Waals surface area contributed by atoms with Crippen LogP contribution in [0.5, 0.6) is 0 Å². The van der Waals surface area contributed by atoms with Crippen LogP contribution < -0.4 is 16.4 Å². The monoisotopic (exact) mass is 285 g/mol. The molecule has 21 heavy (non-hydrogen) atoms. The molecule has 4 N–H and O–H groups in total. The largest absolute Gasteiger partial charge is 0.382 e. The van der Waals surface area contributed by atoms with Crippen LogP contribution in [0.25, 0.3) is 0 Å². The van der Waals surface area contributed by atoms with Crippen LogP contribution in [0.1, 0.15) is 20.7 Å². The van der Waals surface area contributed by atoms with E-state index in [0.717, 1.165) is 0 Å². The molecule has 0 saturated heterocycles. The Hall–Kier alpha value is -3.16. The standard InChI is InChI=1S/C13H11N5O3/c14-10-3-4-18(17-10)6-11(19)15-7-1-2-8-9(5-7)13(21)16-12(8)20/h1-5H,6H2,(H2,14,17)(H,15,19)(H,16,20,21). The number of aromatic nitrogens is 2. The van der Waals surface area contributed by atoms with E-state index in [-0.39, 0.29) is 18.0 Å². The maximum absolute atomic E-state index is 11.9. The molecule has 2 aromatic rings. The summed E-state index contributed by atoms with van der Waals surface area (Å²) in [5.41, 5.74) is 6.45. The molecule has 0 spiro atoms. The number of nitrogen functional groups attached to an aromatic ring is 1. The molecule has 1 aromatic heterocycles. The number of fused-ring (bicyclic) bond motifs is 1. The highest BCUT2D eigenvalue weighted by atomic mass is 16.2. The Balaban J connectivity index is 1.74. The van der Waals surface area contributed by atoms with Crippen molar-refractivity contribution in [3.63, 3.8) is 0 Å². The van der Waals surface area contributed by atoms with Gasteiger partial charge in [-0.2, -0.15) is 5.10 Å². The van der Waals surface area contributed by atoms with Gasteiger partial charge in [0.25, 0.3) is 11.8 Å². The molecule has 1 aliphatic rings. The lowest BCUT2D eigenvalue weighted by molar-refractivity contribution is -0.116. The van der Waals surface area contributed by atoms with Crippen molar-refractivity contribution in [2.24, 2.45) is 0 Å². The first-order valence-electron chi connectivity index (χ1n) is 6.11. The summed E-state index contributed by atoms with van der Waals surface area (Å²) < 4.78 is 1.40. The van der Waals surface area contributed by atoms with E-state index in [1.807, 2.05) is 0 Å². The lowest BCUT2D eigenvalue weighted by Crippen LogP contribution is -2.20. The number of nitrogens with one attached hydrogen (secondary N) is 2. The highest BCUT2D eigenvalue weighted by Crippen LogP contribution is 2.20. The fraction of sp³-hybridized carbons (Fsp3) is 0.0769. The summed E-state index contributed by atoms with van der Waals surface area (Å²) in [5, 5.41) is 8.72. The minimum absolute atomic E-state index is 0.000584. The summed E-state index contributed by atoms with van der Waals surface area (Å²) in [5.74, 6) is -0.885. The van der Waals surface area contributed by atoms with Crippen molar-refractivity contribution in [1.82, 2.24) is 15.1 Å². The summed E-state index contributed by atoms with van der Waals surface area (Å²) in [6.45, 7) is -0.000584. The molecular weight excluding hydrogens is 274 g/mol. The summed E-state index contributed by atoms with van der Waals surface area (Å²) >= 11 is 0. The van der Waals surface area contributed by atoms with Crippen LogP contribution in [0.2, 0.25) is 0 Å². The molecule has 0 bridgehead atoms. The van der Waals surface area contributed by atoms with Gasteiger partial charge in [0.05, 0.1) is 11.1 Å². The number of hydrogen-bond donors (Lipinski definition) is 3. The molecule has 0 aliphatic carbocycles. The lowest BCUT2D eigenvalue weighted by Gasteiger charge is -2.06. The normalized spacial score (nSPS) is 13.0. The molecule has 3 rings (SSSR count). The highest BCUT2D eigenvalue weighted by Gasteiger charge is 2.26. The first kappa shape index (κ1) is 12.9. The van der Waals surface area contributed by atoms with Crippen molar-refractivity contribution >= 4 is 29.2 Å². The summed E-state index contributed by atoms with van der Waals surface area (Å²) in [6.07, 6.45) is 1.59. The van der Waals surface area contributed by atoms with Crippen molar-refractivity contribution in [3.05, 3.63) is 41.6 Å². The minimum atomic E-state index is -0.467. The van der Waals surface area contributed by atoms with E-state index >= 15 is 0 Å². The molecule has 106 valence electrons. The quantitative estimate of drug-likeness (QED) is 0.685. The number of benzene rings is 1. The number of hydrogen-bond acceptors (Lipinski definition) is 5. The van der Waals surface area contributed by atoms with Gasteiger partial charge >= 0.3 is 0 Å². The molecule has 3 amide bonds. The molecule has 0 unspecified atom stereocenters. The van der Waals surface area contributed by atoms with E-state index in [2.05, 4.69) is 15.7 Å². The fourth-order valence-corrected chi connectivity index (χ4v) is 2.06. The Labute approximate surface area is 118 Å². The van der Waals surface area contributed by atoms with Crippen LogP contribution in [0.15, 0.2) is 30.5 Å². The van der Waals surface area contributed by atoms with Crippen molar-refractivity contribution in [2.75, 3.05) is 11.1 Å². The average Bonchev–Trinajstić information content (AvgIpc) is 2.94. The maximum Gasteiger partial charge on any atom is 0.259 e. The summed E-state index contributed by atoms with van der Waals surface area (Å²) in [7, 11) is 0. The van der Waals surface area contributed by atoms with Gasteiger partial charge in [-0.1, -0.05) is 0 Å². The zero-order valence-corrected chi connectivity index (χ0v) is 10.8. The van der Waals surface area contributed by atoms with Crippen molar-refractivity contribution in [1.29, 1.82) is 0 Å². The smallest absolute Gasteiger partial charge is 0.259 e. The van der Waals surface area contributed by atoms with E-state index in [4.69, 9.17) is 5.73 Å². The van der Waals surface area contributed by atoms with Crippen molar-refractivity contribution in [3.8, 4) is 0 Å². The Kier molecular flexibility index (Phi) is 2.90. The van der Waals surface area contributed by atoms with Gasteiger partial charge in [-0.3, -0.25) is 24.4 Å². The van der Waals surface area contributed by atoms with Gasteiger partial charge in [0.15, 0.2) is 0 Å². The maximum atomic E-state index is 11.9. The summed E-state index contributed by atoms with van der Waals surface area (Å²) in [6, 6.07) is 6.10. The third kappa shape index (κ3) is 2.46. The van der Waals surface area contributed by atoms with E-state index in [9.17, 15) is 14.4 Å². The fourth-order valence-electron chi connectivity index (χ4n) is 2.06. The highest BCUT2D eigenvalue weighted by molar-refractivity contribution is 6.22. The molecule has 0 saturated carbocycles. The molecule has 8 heteroatoms. The lowest BCUT2D eigenvalue weighted by atomic mass is 10.1. The Bertz CT molecular complexity index is 765. The van der Waals surface area contributed by atoms with E-state index < -0.39 is 11.8 Å². The van der Waals surface area contributed by atoms with E-state index in [1.165, 1.54) is 16.8 Å². The third-order valence-electron chi connectivity index (χ3n) is 2.99. The number of carbonyl (C=O) groups excluding carboxylic acids is 3. The SMILES string of the molecule is Nc1ccn(CC(=O)Nc2ccc3c(c2)C(=O)NC3=O)n1. The van der Waals surface area contributed by atoms with Gasteiger partial charge in [0, 0.05) is 11.9 Å². The zero-order valence-electron chi connectivity index (χ0n) is 10.8. The van der Waals surface area contributed by atoms with Gasteiger partial charge in [0.2, 0.25) is 5.91 Å². The van der Waals surface area contributed by atoms with E-state index in [0.29, 0.717) is 17.1 Å². The molecule has 8 nitrogen and oxygen atoms in total. The van der Waals surface area contributed by atoms with Gasteiger partial charge in [-0.25, -0.2) is 0 Å². The topological polar surface area (TPSA) is 119 Å². The van der Waals surface area contributed by atoms with Gasteiger partial charge in [-0.15, -0.1) is 0 Å². The van der Waals surface area contributed by atoms with Gasteiger partial charge < -0.3 is 11.1 Å². The molecule has 2 heterocycles. The zero-order chi connectivity index (χ0) is 15.0. The Morgan fingerprint density at radius 1 is 1.24 bits per heavy atom. The minimum Gasteiger partial charge on any atom is -0.382 e. The molecule has 1 aromatic carbocycles. The van der Waals surface area contributed by atoms with Crippen LogP contribution in [-0.4, -0.2) is 27.5 Å². The van der Waals surface area contributed by atoms with Gasteiger partial charge in [-0.05, 0) is 24.3 Å². The second-order valence-corrected chi connectivity index (χ2v) is 4.53. The predicted molar refractivity (Wildman–Crippen MR) is 73.5 cm³/mol. The number of amides is 3. The third-order valence-corrected chi connectivity index (χ3v) is 2.99. The number of imide groups is 1. The first-order valence-corrected chi connectivity index (χ1v) is 6.11. The molecule has 0 atom stereocenters. The number of carbonyl (C=O) groups is 3. The second kappa shape index (κ2) is 4.75. The predicted octanol–water partition coefficient (Wildman–Crippen LogP) is -0.0124. The van der Waals surface area contributed by atoms with Crippen LogP contribution in [0.4, 0.5) is 11.5 Å². The van der Waals surface area contributed by atoms with Crippen LogP contribution in [0, 0.1) is 0 Å². The first-order chi connectivity index (χ1) is 10.0. The molecule has 0 radical (unpaired) electrons. The van der Waals surface area contributed by atoms with Gasteiger partial charge in [0.1, 0.15) is 12.4 Å². The number of nitrogens with zero attached hydrogens (tertiary/aromatic N) is 2. The number of rotatable bonds is 3. The van der Waals surface area contributed by atoms with Crippen LogP contribution in [-0.2, 0) is 11.3 Å². The second-order valence-electron chi connectivity index (χ2n) is 4.53. The number of anilines is 2. The average molecular weight is 285 g/mol. The van der Waals surface area contributed by atoms with Crippen molar-refractivity contribution < 1.29 is 14.4 Å². The Morgan fingerprint density at radius 2 is 2.00 bits per heavy atom.